The maximum absolute atomic E-state index is 13.6. The van der Waals surface area contributed by atoms with Gasteiger partial charge in [-0.3, -0.25) is 4.90 Å². The number of benzene rings is 2. The van der Waals surface area contributed by atoms with Crippen LogP contribution in [0.25, 0.3) is 11.3 Å². The lowest BCUT2D eigenvalue weighted by Gasteiger charge is -2.29. The van der Waals surface area contributed by atoms with Crippen LogP contribution in [0.1, 0.15) is 17.5 Å². The number of rotatable bonds is 14. The summed E-state index contributed by atoms with van der Waals surface area (Å²) >= 11 is 0. The van der Waals surface area contributed by atoms with Crippen molar-refractivity contribution in [3.05, 3.63) is 71.5 Å². The van der Waals surface area contributed by atoms with Gasteiger partial charge in [-0.2, -0.15) is 0 Å². The van der Waals surface area contributed by atoms with E-state index in [4.69, 9.17) is 18.7 Å². The van der Waals surface area contributed by atoms with Crippen LogP contribution in [0.3, 0.4) is 0 Å². The number of aliphatic hydroxyl groups excluding tert-OH is 1. The summed E-state index contributed by atoms with van der Waals surface area (Å²) in [6.07, 6.45) is 0.130. The number of nitrogens with zero attached hydrogens (tertiary/aromatic N) is 3. The lowest BCUT2D eigenvalue weighted by atomic mass is 10.1. The molecule has 8 nitrogen and oxygen atoms in total. The quantitative estimate of drug-likeness (QED) is 0.327. The molecule has 37 heavy (non-hydrogen) atoms. The zero-order chi connectivity index (χ0) is 25.9. The topological polar surface area (TPSA) is 80.4 Å². The van der Waals surface area contributed by atoms with E-state index in [0.717, 1.165) is 23.1 Å². The van der Waals surface area contributed by atoms with Crippen LogP contribution >= 0.6 is 0 Å². The van der Waals surface area contributed by atoms with Crippen molar-refractivity contribution in [2.45, 2.75) is 25.7 Å². The third-order valence-corrected chi connectivity index (χ3v) is 6.28. The van der Waals surface area contributed by atoms with Gasteiger partial charge in [0.2, 0.25) is 5.88 Å². The molecule has 1 aliphatic heterocycles. The van der Waals surface area contributed by atoms with Gasteiger partial charge in [0.15, 0.2) is 0 Å². The average Bonchev–Trinajstić information content (AvgIpc) is 3.33. The lowest BCUT2D eigenvalue weighted by Crippen LogP contribution is -2.38. The van der Waals surface area contributed by atoms with Crippen molar-refractivity contribution in [2.24, 2.45) is 0 Å². The van der Waals surface area contributed by atoms with Gasteiger partial charge < -0.3 is 28.7 Å². The summed E-state index contributed by atoms with van der Waals surface area (Å²) in [5.41, 5.74) is 3.43. The van der Waals surface area contributed by atoms with Crippen molar-refractivity contribution in [2.75, 3.05) is 64.6 Å². The lowest BCUT2D eigenvalue weighted by molar-refractivity contribution is 0.00739. The smallest absolute Gasteiger partial charge is 0.232 e. The van der Waals surface area contributed by atoms with Gasteiger partial charge in [0.25, 0.3) is 0 Å². The highest BCUT2D eigenvalue weighted by Crippen LogP contribution is 2.33. The largest absolute Gasteiger partial charge is 0.389 e. The van der Waals surface area contributed by atoms with Gasteiger partial charge in [0.05, 0.1) is 38.1 Å². The minimum atomic E-state index is -0.674. The Morgan fingerprint density at radius 2 is 1.86 bits per heavy atom. The summed E-state index contributed by atoms with van der Waals surface area (Å²) in [5.74, 6) is 0.385. The number of halogens is 1. The van der Waals surface area contributed by atoms with Crippen LogP contribution in [0.4, 0.5) is 10.3 Å². The zero-order valence-electron chi connectivity index (χ0n) is 21.4. The van der Waals surface area contributed by atoms with Crippen molar-refractivity contribution in [1.29, 1.82) is 0 Å². The Bertz CT molecular complexity index is 1060. The molecule has 0 spiro atoms. The van der Waals surface area contributed by atoms with Crippen LogP contribution in [-0.4, -0.2) is 81.0 Å². The second-order valence-corrected chi connectivity index (χ2v) is 9.16. The summed E-state index contributed by atoms with van der Waals surface area (Å²) in [5, 5.41) is 15.2. The molecule has 0 unspecified atom stereocenters. The Kier molecular flexibility index (Phi) is 10.5. The Morgan fingerprint density at radius 3 is 2.59 bits per heavy atom. The van der Waals surface area contributed by atoms with Crippen LogP contribution in [-0.2, 0) is 27.4 Å². The fourth-order valence-electron chi connectivity index (χ4n) is 4.42. The van der Waals surface area contributed by atoms with Gasteiger partial charge in [-0.15, -0.1) is 0 Å². The summed E-state index contributed by atoms with van der Waals surface area (Å²) in [6.45, 7) is 5.53. The molecule has 0 saturated carbocycles. The molecule has 1 aromatic heterocycles. The molecule has 0 bridgehead atoms. The van der Waals surface area contributed by atoms with Gasteiger partial charge in [-0.25, -0.2) is 4.39 Å². The second-order valence-electron chi connectivity index (χ2n) is 9.16. The number of aromatic nitrogens is 1. The number of hydrogen-bond acceptors (Lipinski definition) is 8. The molecule has 1 fully saturated rings. The van der Waals surface area contributed by atoms with E-state index in [2.05, 4.69) is 15.0 Å². The third kappa shape index (κ3) is 8.08. The van der Waals surface area contributed by atoms with Crippen LogP contribution < -0.4 is 4.90 Å². The van der Waals surface area contributed by atoms with Crippen LogP contribution in [0.5, 0.6) is 0 Å². The highest BCUT2D eigenvalue weighted by molar-refractivity contribution is 5.68. The van der Waals surface area contributed by atoms with E-state index >= 15 is 0 Å². The molecule has 2 aromatic carbocycles. The number of hydrogen-bond donors (Lipinski definition) is 1. The SMILES string of the molecule is COCCCN(Cc1c(-c2ccc(F)cc2)noc1N1CCOCC1)C[C@@H](O)COCc1ccccc1. The second kappa shape index (κ2) is 14.2. The highest BCUT2D eigenvalue weighted by atomic mass is 19.1. The monoisotopic (exact) mass is 513 g/mol. The highest BCUT2D eigenvalue weighted by Gasteiger charge is 2.26. The fourth-order valence-corrected chi connectivity index (χ4v) is 4.42. The van der Waals surface area contributed by atoms with Crippen LogP contribution in [0.15, 0.2) is 59.1 Å². The van der Waals surface area contributed by atoms with E-state index in [0.29, 0.717) is 70.7 Å². The van der Waals surface area contributed by atoms with Crippen molar-refractivity contribution in [1.82, 2.24) is 10.1 Å². The van der Waals surface area contributed by atoms with E-state index in [1.165, 1.54) is 12.1 Å². The maximum atomic E-state index is 13.6. The minimum Gasteiger partial charge on any atom is -0.389 e. The number of aliphatic hydroxyl groups is 1. The zero-order valence-corrected chi connectivity index (χ0v) is 21.4. The minimum absolute atomic E-state index is 0.223. The molecule has 0 aliphatic carbocycles. The van der Waals surface area contributed by atoms with E-state index in [9.17, 15) is 9.50 Å². The normalized spacial score (nSPS) is 14.9. The molecule has 1 aliphatic rings. The molecule has 2 heterocycles. The maximum Gasteiger partial charge on any atom is 0.232 e. The molecular formula is C28H36FN3O5. The number of morpholine rings is 1. The summed E-state index contributed by atoms with van der Waals surface area (Å²) in [6, 6.07) is 16.2. The first kappa shape index (κ1) is 27.2. The number of ether oxygens (including phenoxy) is 3. The Morgan fingerprint density at radius 1 is 1.11 bits per heavy atom. The molecule has 0 amide bonds. The Balaban J connectivity index is 1.50. The van der Waals surface area contributed by atoms with E-state index in [-0.39, 0.29) is 12.4 Å². The molecule has 0 radical (unpaired) electrons. The first-order valence-corrected chi connectivity index (χ1v) is 12.7. The van der Waals surface area contributed by atoms with Crippen molar-refractivity contribution < 1.29 is 28.2 Å². The number of anilines is 1. The average molecular weight is 514 g/mol. The Hall–Kier alpha value is -2.82. The molecule has 1 atom stereocenters. The van der Waals surface area contributed by atoms with Crippen molar-refractivity contribution >= 4 is 5.88 Å². The van der Waals surface area contributed by atoms with Crippen LogP contribution in [0.2, 0.25) is 0 Å². The van der Waals surface area contributed by atoms with Gasteiger partial charge in [-0.1, -0.05) is 35.5 Å². The van der Waals surface area contributed by atoms with Gasteiger partial charge in [0.1, 0.15) is 11.5 Å². The number of methoxy groups -OCH3 is 1. The summed E-state index contributed by atoms with van der Waals surface area (Å²) < 4.78 is 36.0. The van der Waals surface area contributed by atoms with E-state index in [1.54, 1.807) is 19.2 Å². The van der Waals surface area contributed by atoms with Crippen molar-refractivity contribution in [3.63, 3.8) is 0 Å². The van der Waals surface area contributed by atoms with Crippen molar-refractivity contribution in [3.8, 4) is 11.3 Å². The van der Waals surface area contributed by atoms with Gasteiger partial charge >= 0.3 is 0 Å². The Labute approximate surface area is 217 Å². The predicted molar refractivity (Wildman–Crippen MR) is 139 cm³/mol. The molecule has 1 saturated heterocycles. The molecule has 9 heteroatoms. The standard InChI is InChI=1S/C28H36FN3O5/c1-34-15-5-12-31(18-25(33)21-36-20-22-6-3-2-4-7-22)19-26-27(23-8-10-24(29)11-9-23)30-37-28(26)32-13-16-35-17-14-32/h2-4,6-11,25,33H,5,12-21H2,1H3/t25-/m1/s1. The summed E-state index contributed by atoms with van der Waals surface area (Å²) in [4.78, 5) is 4.30. The molecule has 3 aromatic rings. The molecule has 200 valence electrons. The molecule has 4 rings (SSSR count). The van der Waals surface area contributed by atoms with Crippen LogP contribution in [0, 0.1) is 5.82 Å². The van der Waals surface area contributed by atoms with E-state index < -0.39 is 6.10 Å². The first-order chi connectivity index (χ1) is 18.1. The molecule has 1 N–H and O–H groups in total. The summed E-state index contributed by atoms with van der Waals surface area (Å²) in [7, 11) is 1.68. The molecular weight excluding hydrogens is 477 g/mol. The van der Waals surface area contributed by atoms with Gasteiger partial charge in [0, 0.05) is 52.0 Å². The van der Waals surface area contributed by atoms with Gasteiger partial charge in [-0.05, 0) is 36.2 Å². The fraction of sp³-hybridized carbons (Fsp3) is 0.464. The first-order valence-electron chi connectivity index (χ1n) is 12.7. The van der Waals surface area contributed by atoms with E-state index in [1.807, 2.05) is 30.3 Å². The third-order valence-electron chi connectivity index (χ3n) is 6.28. The predicted octanol–water partition coefficient (Wildman–Crippen LogP) is 3.73.